The zero-order valence-corrected chi connectivity index (χ0v) is 15.6. The lowest BCUT2D eigenvalue weighted by Crippen LogP contribution is -2.33. The molecular formula is C20H21N3O2S. The van der Waals surface area contributed by atoms with E-state index in [1.807, 2.05) is 55.5 Å². The molecule has 0 unspecified atom stereocenters. The minimum atomic E-state index is -0.142. The molecule has 0 saturated carbocycles. The molecule has 0 aliphatic heterocycles. The third-order valence-corrected chi connectivity index (χ3v) is 5.14. The summed E-state index contributed by atoms with van der Waals surface area (Å²) in [6, 6.07) is 19.8. The van der Waals surface area contributed by atoms with Crippen molar-refractivity contribution in [2.45, 2.75) is 24.5 Å². The van der Waals surface area contributed by atoms with Crippen molar-refractivity contribution in [2.75, 3.05) is 7.05 Å². The highest BCUT2D eigenvalue weighted by molar-refractivity contribution is 7.99. The molecule has 5 nitrogen and oxygen atoms in total. The van der Waals surface area contributed by atoms with Crippen LogP contribution in [0.3, 0.4) is 0 Å². The number of benzene rings is 2. The van der Waals surface area contributed by atoms with Gasteiger partial charge in [-0.05, 0) is 12.5 Å². The van der Waals surface area contributed by atoms with E-state index in [9.17, 15) is 4.79 Å². The molecule has 1 heterocycles. The van der Waals surface area contributed by atoms with Crippen LogP contribution in [0.2, 0.25) is 0 Å². The second-order valence-electron chi connectivity index (χ2n) is 6.01. The molecular weight excluding hydrogens is 346 g/mol. The first-order valence-corrected chi connectivity index (χ1v) is 9.47. The minimum Gasteiger partial charge on any atom is -0.337 e. The Kier molecular flexibility index (Phi) is 6.07. The molecule has 1 atom stereocenters. The maximum atomic E-state index is 12.6. The molecule has 1 aromatic heterocycles. The molecule has 0 N–H and O–H groups in total. The largest absolute Gasteiger partial charge is 0.337 e. The normalized spacial score (nSPS) is 11.9. The molecule has 0 saturated heterocycles. The lowest BCUT2D eigenvalue weighted by atomic mass is 10.2. The first-order valence-electron chi connectivity index (χ1n) is 8.42. The first kappa shape index (κ1) is 18.2. The molecule has 0 fully saturated rings. The monoisotopic (exact) mass is 367 g/mol. The summed E-state index contributed by atoms with van der Waals surface area (Å²) in [5.41, 5.74) is 2.10. The molecule has 0 radical (unpaired) electrons. The van der Waals surface area contributed by atoms with Gasteiger partial charge in [-0.15, -0.1) is 11.8 Å². The zero-order valence-electron chi connectivity index (χ0n) is 14.8. The fourth-order valence-corrected chi connectivity index (χ4v) is 3.44. The average Bonchev–Trinajstić information content (AvgIpc) is 3.15. The van der Waals surface area contributed by atoms with Crippen molar-refractivity contribution in [3.63, 3.8) is 0 Å². The Morgan fingerprint density at radius 1 is 1.12 bits per heavy atom. The fraction of sp³-hybridized carbons (Fsp3) is 0.250. The summed E-state index contributed by atoms with van der Waals surface area (Å²) in [6.07, 6.45) is 0. The van der Waals surface area contributed by atoms with Gasteiger partial charge in [0, 0.05) is 18.4 Å². The summed E-state index contributed by atoms with van der Waals surface area (Å²) in [6.45, 7) is 2.23. The van der Waals surface area contributed by atoms with Crippen LogP contribution < -0.4 is 0 Å². The number of hydrogen-bond donors (Lipinski definition) is 0. The number of thioether (sulfide) groups is 1. The number of aromatic nitrogens is 2. The number of hydrogen-bond acceptors (Lipinski definition) is 5. The lowest BCUT2D eigenvalue weighted by molar-refractivity contribution is -0.129. The van der Waals surface area contributed by atoms with E-state index in [1.165, 1.54) is 5.56 Å². The molecule has 3 rings (SSSR count). The molecule has 0 aliphatic rings. The fourth-order valence-electron chi connectivity index (χ4n) is 2.48. The van der Waals surface area contributed by atoms with Crippen LogP contribution >= 0.6 is 11.8 Å². The van der Waals surface area contributed by atoms with Gasteiger partial charge in [0.2, 0.25) is 17.6 Å². The summed E-state index contributed by atoms with van der Waals surface area (Å²) in [4.78, 5) is 18.6. The minimum absolute atomic E-state index is 0.0467. The van der Waals surface area contributed by atoms with E-state index in [0.29, 0.717) is 18.3 Å². The standard InChI is InChI=1S/C20H21N3O2S/c1-15(26-14-16-9-5-3-6-10-16)20(24)23(2)13-18-21-19(22-25-18)17-11-7-4-8-12-17/h3-12,15H,13-14H2,1-2H3/t15-/m1/s1. The number of carbonyl (C=O) groups is 1. The van der Waals surface area contributed by atoms with Crippen LogP contribution in [-0.4, -0.2) is 33.2 Å². The molecule has 0 aliphatic carbocycles. The second kappa shape index (κ2) is 8.67. The van der Waals surface area contributed by atoms with E-state index in [4.69, 9.17) is 4.52 Å². The van der Waals surface area contributed by atoms with Crippen LogP contribution in [-0.2, 0) is 17.1 Å². The third kappa shape index (κ3) is 4.73. The highest BCUT2D eigenvalue weighted by Gasteiger charge is 2.20. The lowest BCUT2D eigenvalue weighted by Gasteiger charge is -2.19. The molecule has 26 heavy (non-hydrogen) atoms. The zero-order chi connectivity index (χ0) is 18.4. The third-order valence-electron chi connectivity index (χ3n) is 3.94. The Balaban J connectivity index is 1.54. The highest BCUT2D eigenvalue weighted by atomic mass is 32.2. The second-order valence-corrected chi connectivity index (χ2v) is 7.34. The quantitative estimate of drug-likeness (QED) is 0.631. The Hall–Kier alpha value is -2.60. The van der Waals surface area contributed by atoms with E-state index < -0.39 is 0 Å². The van der Waals surface area contributed by atoms with E-state index in [-0.39, 0.29) is 11.2 Å². The topological polar surface area (TPSA) is 59.2 Å². The number of amides is 1. The van der Waals surface area contributed by atoms with E-state index in [1.54, 1.807) is 23.7 Å². The molecule has 0 bridgehead atoms. The SMILES string of the molecule is C[C@@H](SCc1ccccc1)C(=O)N(C)Cc1nc(-c2ccccc2)no1. The van der Waals surface area contributed by atoms with Crippen LogP contribution in [0.4, 0.5) is 0 Å². The Bertz CT molecular complexity index is 837. The van der Waals surface area contributed by atoms with Gasteiger partial charge >= 0.3 is 0 Å². The van der Waals surface area contributed by atoms with Crippen molar-refractivity contribution in [1.29, 1.82) is 0 Å². The van der Waals surface area contributed by atoms with Crippen LogP contribution in [0, 0.1) is 0 Å². The summed E-state index contributed by atoms with van der Waals surface area (Å²) >= 11 is 1.62. The van der Waals surface area contributed by atoms with Gasteiger partial charge in [0.05, 0.1) is 11.8 Å². The predicted octanol–water partition coefficient (Wildman–Crippen LogP) is 4.02. The number of nitrogens with zero attached hydrogens (tertiary/aromatic N) is 3. The molecule has 1 amide bonds. The maximum Gasteiger partial charge on any atom is 0.246 e. The molecule has 134 valence electrons. The maximum absolute atomic E-state index is 12.6. The van der Waals surface area contributed by atoms with Crippen LogP contribution in [0.15, 0.2) is 65.2 Å². The van der Waals surface area contributed by atoms with Gasteiger partial charge in [0.15, 0.2) is 0 Å². The van der Waals surface area contributed by atoms with Crippen molar-refractivity contribution >= 4 is 17.7 Å². The average molecular weight is 367 g/mol. The van der Waals surface area contributed by atoms with Gasteiger partial charge in [0.1, 0.15) is 0 Å². The highest BCUT2D eigenvalue weighted by Crippen LogP contribution is 2.20. The summed E-state index contributed by atoms with van der Waals surface area (Å²) < 4.78 is 5.29. The van der Waals surface area contributed by atoms with Crippen LogP contribution in [0.5, 0.6) is 0 Å². The summed E-state index contributed by atoms with van der Waals surface area (Å²) in [5.74, 6) is 1.82. The summed E-state index contributed by atoms with van der Waals surface area (Å²) in [7, 11) is 1.76. The van der Waals surface area contributed by atoms with Crippen molar-refractivity contribution in [2.24, 2.45) is 0 Å². The Morgan fingerprint density at radius 3 is 2.46 bits per heavy atom. The van der Waals surface area contributed by atoms with Crippen molar-refractivity contribution in [1.82, 2.24) is 15.0 Å². The molecule has 0 spiro atoms. The van der Waals surface area contributed by atoms with E-state index in [0.717, 1.165) is 11.3 Å². The Labute approximate surface area is 157 Å². The van der Waals surface area contributed by atoms with Crippen LogP contribution in [0.25, 0.3) is 11.4 Å². The van der Waals surface area contributed by atoms with Crippen molar-refractivity contribution in [3.8, 4) is 11.4 Å². The van der Waals surface area contributed by atoms with E-state index in [2.05, 4.69) is 22.3 Å². The van der Waals surface area contributed by atoms with Gasteiger partial charge in [0.25, 0.3) is 0 Å². The van der Waals surface area contributed by atoms with Gasteiger partial charge in [-0.25, -0.2) is 0 Å². The van der Waals surface area contributed by atoms with Crippen molar-refractivity contribution < 1.29 is 9.32 Å². The molecule has 2 aromatic carbocycles. The van der Waals surface area contributed by atoms with Gasteiger partial charge < -0.3 is 9.42 Å². The van der Waals surface area contributed by atoms with Gasteiger partial charge in [-0.1, -0.05) is 65.8 Å². The van der Waals surface area contributed by atoms with Crippen molar-refractivity contribution in [3.05, 3.63) is 72.1 Å². The van der Waals surface area contributed by atoms with Gasteiger partial charge in [-0.3, -0.25) is 4.79 Å². The number of rotatable bonds is 7. The Morgan fingerprint density at radius 2 is 1.77 bits per heavy atom. The number of carbonyl (C=O) groups excluding carboxylic acids is 1. The molecule has 3 aromatic rings. The van der Waals surface area contributed by atoms with Gasteiger partial charge in [-0.2, -0.15) is 4.98 Å². The predicted molar refractivity (Wildman–Crippen MR) is 103 cm³/mol. The van der Waals surface area contributed by atoms with E-state index >= 15 is 0 Å². The summed E-state index contributed by atoms with van der Waals surface area (Å²) in [5, 5.41) is 3.85. The first-order chi connectivity index (χ1) is 12.6. The van der Waals surface area contributed by atoms with Crippen LogP contribution in [0.1, 0.15) is 18.4 Å². The molecule has 6 heteroatoms. The smallest absolute Gasteiger partial charge is 0.246 e.